The number of urea groups is 1. The van der Waals surface area contributed by atoms with E-state index in [0.717, 1.165) is 4.90 Å². The van der Waals surface area contributed by atoms with Crippen molar-refractivity contribution < 1.29 is 23.5 Å². The molecule has 0 unspecified atom stereocenters. The van der Waals surface area contributed by atoms with Gasteiger partial charge in [-0.25, -0.2) is 14.1 Å². The third-order valence-corrected chi connectivity index (χ3v) is 6.06. The number of imide groups is 2. The number of ether oxygens (including phenoxy) is 1. The summed E-state index contributed by atoms with van der Waals surface area (Å²) in [6.45, 7) is 1.72. The van der Waals surface area contributed by atoms with Gasteiger partial charge in [-0.15, -0.1) is 0 Å². The first kappa shape index (κ1) is 24.4. The van der Waals surface area contributed by atoms with Crippen molar-refractivity contribution in [2.75, 3.05) is 12.0 Å². The van der Waals surface area contributed by atoms with Crippen LogP contribution in [0.15, 0.2) is 60.2 Å². The Morgan fingerprint density at radius 2 is 1.83 bits per heavy atom. The van der Waals surface area contributed by atoms with Gasteiger partial charge in [0.1, 0.15) is 17.1 Å². The maximum atomic E-state index is 13.6. The second kappa shape index (κ2) is 9.90. The number of hydrogen-bond donors (Lipinski definition) is 1. The van der Waals surface area contributed by atoms with Crippen molar-refractivity contribution in [3.05, 3.63) is 98.3 Å². The molecule has 35 heavy (non-hydrogen) atoms. The normalized spacial score (nSPS) is 14.9. The predicted molar refractivity (Wildman–Crippen MR) is 132 cm³/mol. The van der Waals surface area contributed by atoms with E-state index in [-0.39, 0.29) is 17.1 Å². The van der Waals surface area contributed by atoms with Gasteiger partial charge < -0.3 is 4.74 Å². The fourth-order valence-corrected chi connectivity index (χ4v) is 4.24. The van der Waals surface area contributed by atoms with Crippen molar-refractivity contribution in [2.24, 2.45) is 0 Å². The van der Waals surface area contributed by atoms with Crippen molar-refractivity contribution >= 4 is 52.8 Å². The zero-order valence-electron chi connectivity index (χ0n) is 18.7. The van der Waals surface area contributed by atoms with Gasteiger partial charge in [-0.05, 0) is 66.1 Å². The maximum Gasteiger partial charge on any atom is 0.335 e. The highest BCUT2D eigenvalue weighted by molar-refractivity contribution is 6.40. The molecule has 0 spiro atoms. The molecular weight excluding hydrogens is 494 g/mol. The van der Waals surface area contributed by atoms with Gasteiger partial charge in [0.05, 0.1) is 12.8 Å². The molecule has 0 aromatic heterocycles. The van der Waals surface area contributed by atoms with Crippen LogP contribution in [0.5, 0.6) is 5.75 Å². The van der Waals surface area contributed by atoms with Gasteiger partial charge in [-0.2, -0.15) is 0 Å². The molecule has 0 atom stereocenters. The molecule has 1 saturated heterocycles. The van der Waals surface area contributed by atoms with Crippen LogP contribution >= 0.6 is 23.2 Å². The second-order valence-electron chi connectivity index (χ2n) is 7.88. The number of nitrogens with zero attached hydrogens (tertiary/aromatic N) is 1. The quantitative estimate of drug-likeness (QED) is 0.351. The number of benzene rings is 3. The number of rotatable bonds is 5. The average molecular weight is 513 g/mol. The fourth-order valence-electron chi connectivity index (χ4n) is 3.79. The predicted octanol–water partition coefficient (Wildman–Crippen LogP) is 5.71. The minimum absolute atomic E-state index is 0.263. The standard InChI is InChI=1S/C26H19Cl2FN2O4/c1-14-6-7-17(27)13-22(14)31-25(33)20(24(32)30-26(31)34)10-16-11-21(28)19(23(12-16)35-2)9-15-4-3-5-18(29)8-15/h3-8,10-13H,9H2,1-2H3,(H,30,32,34)/b20-10+. The molecule has 0 bridgehead atoms. The minimum atomic E-state index is -0.872. The highest BCUT2D eigenvalue weighted by Crippen LogP contribution is 2.33. The van der Waals surface area contributed by atoms with Gasteiger partial charge in [-0.1, -0.05) is 41.4 Å². The Balaban J connectivity index is 1.72. The molecule has 0 saturated carbocycles. The molecule has 6 nitrogen and oxygen atoms in total. The highest BCUT2D eigenvalue weighted by atomic mass is 35.5. The van der Waals surface area contributed by atoms with Gasteiger partial charge in [0.15, 0.2) is 0 Å². The third kappa shape index (κ3) is 5.06. The topological polar surface area (TPSA) is 75.7 Å². The number of barbiturate groups is 1. The third-order valence-electron chi connectivity index (χ3n) is 5.49. The van der Waals surface area contributed by atoms with Crippen molar-refractivity contribution in [3.63, 3.8) is 0 Å². The lowest BCUT2D eigenvalue weighted by molar-refractivity contribution is -0.122. The van der Waals surface area contributed by atoms with Gasteiger partial charge in [0.25, 0.3) is 11.8 Å². The summed E-state index contributed by atoms with van der Waals surface area (Å²) in [6, 6.07) is 13.2. The molecule has 0 radical (unpaired) electrons. The first-order valence-electron chi connectivity index (χ1n) is 10.5. The molecule has 1 heterocycles. The summed E-state index contributed by atoms with van der Waals surface area (Å²) in [6.07, 6.45) is 1.64. The largest absolute Gasteiger partial charge is 0.496 e. The number of nitrogens with one attached hydrogen (secondary N) is 1. The molecule has 3 aromatic carbocycles. The number of anilines is 1. The lowest BCUT2D eigenvalue weighted by Gasteiger charge is -2.27. The molecule has 1 fully saturated rings. The number of carbonyl (C=O) groups is 3. The first-order chi connectivity index (χ1) is 16.7. The molecular formula is C26H19Cl2FN2O4. The Hall–Kier alpha value is -3.68. The fraction of sp³-hybridized carbons (Fsp3) is 0.115. The summed E-state index contributed by atoms with van der Waals surface area (Å²) < 4.78 is 19.1. The van der Waals surface area contributed by atoms with Crippen LogP contribution in [-0.2, 0) is 16.0 Å². The van der Waals surface area contributed by atoms with E-state index in [1.165, 1.54) is 31.4 Å². The van der Waals surface area contributed by atoms with E-state index in [1.54, 1.807) is 43.3 Å². The van der Waals surface area contributed by atoms with Crippen LogP contribution in [-0.4, -0.2) is 25.0 Å². The monoisotopic (exact) mass is 512 g/mol. The average Bonchev–Trinajstić information content (AvgIpc) is 2.80. The zero-order chi connectivity index (χ0) is 25.3. The number of amides is 4. The molecule has 3 aromatic rings. The minimum Gasteiger partial charge on any atom is -0.496 e. The number of hydrogen-bond acceptors (Lipinski definition) is 4. The summed E-state index contributed by atoms with van der Waals surface area (Å²) in [4.78, 5) is 39.2. The van der Waals surface area contributed by atoms with Crippen molar-refractivity contribution in [1.29, 1.82) is 0 Å². The van der Waals surface area contributed by atoms with E-state index in [2.05, 4.69) is 5.32 Å². The van der Waals surface area contributed by atoms with Crippen molar-refractivity contribution in [1.82, 2.24) is 5.32 Å². The van der Waals surface area contributed by atoms with Crippen molar-refractivity contribution in [3.8, 4) is 5.75 Å². The molecule has 9 heteroatoms. The van der Waals surface area contributed by atoms with Gasteiger partial charge >= 0.3 is 6.03 Å². The molecule has 1 N–H and O–H groups in total. The smallest absolute Gasteiger partial charge is 0.335 e. The highest BCUT2D eigenvalue weighted by Gasteiger charge is 2.37. The van der Waals surface area contributed by atoms with Crippen molar-refractivity contribution in [2.45, 2.75) is 13.3 Å². The number of aryl methyl sites for hydroxylation is 1. The van der Waals surface area contributed by atoms with E-state index in [0.29, 0.717) is 44.5 Å². The Morgan fingerprint density at radius 1 is 1.06 bits per heavy atom. The Kier molecular flexibility index (Phi) is 6.91. The molecule has 4 rings (SSSR count). The SMILES string of the molecule is COc1cc(/C=C2\C(=O)NC(=O)N(c3cc(Cl)ccc3C)C2=O)cc(Cl)c1Cc1cccc(F)c1. The van der Waals surface area contributed by atoms with Gasteiger partial charge in [0.2, 0.25) is 0 Å². The Morgan fingerprint density at radius 3 is 2.54 bits per heavy atom. The van der Waals surface area contributed by atoms with E-state index in [1.807, 2.05) is 0 Å². The van der Waals surface area contributed by atoms with E-state index in [4.69, 9.17) is 27.9 Å². The van der Waals surface area contributed by atoms with Crippen LogP contribution in [0.4, 0.5) is 14.9 Å². The summed E-state index contributed by atoms with van der Waals surface area (Å²) in [5.41, 5.74) is 2.35. The lowest BCUT2D eigenvalue weighted by atomic mass is 10.00. The molecule has 0 aliphatic carbocycles. The summed E-state index contributed by atoms with van der Waals surface area (Å²) >= 11 is 12.6. The zero-order valence-corrected chi connectivity index (χ0v) is 20.2. The van der Waals surface area contributed by atoms with Crippen LogP contribution in [0, 0.1) is 12.7 Å². The molecule has 4 amide bonds. The van der Waals surface area contributed by atoms with Crippen LogP contribution in [0.2, 0.25) is 10.0 Å². The first-order valence-corrected chi connectivity index (χ1v) is 11.2. The van der Waals surface area contributed by atoms with Gasteiger partial charge in [-0.3, -0.25) is 14.9 Å². The van der Waals surface area contributed by atoms with Crippen LogP contribution in [0.3, 0.4) is 0 Å². The summed E-state index contributed by atoms with van der Waals surface area (Å²) in [7, 11) is 1.46. The van der Waals surface area contributed by atoms with Crippen LogP contribution in [0.1, 0.15) is 22.3 Å². The van der Waals surface area contributed by atoms with Crippen LogP contribution < -0.4 is 15.0 Å². The van der Waals surface area contributed by atoms with E-state index >= 15 is 0 Å². The molecule has 1 aliphatic rings. The van der Waals surface area contributed by atoms with E-state index in [9.17, 15) is 18.8 Å². The van der Waals surface area contributed by atoms with Crippen LogP contribution in [0.25, 0.3) is 6.08 Å². The molecule has 1 aliphatic heterocycles. The lowest BCUT2D eigenvalue weighted by Crippen LogP contribution is -2.54. The Bertz CT molecular complexity index is 1400. The maximum absolute atomic E-state index is 13.6. The van der Waals surface area contributed by atoms with Gasteiger partial charge in [0, 0.05) is 22.0 Å². The number of methoxy groups -OCH3 is 1. The second-order valence-corrected chi connectivity index (χ2v) is 8.72. The number of halogens is 3. The summed E-state index contributed by atoms with van der Waals surface area (Å²) in [5.74, 6) is -1.61. The Labute approximate surface area is 210 Å². The molecule has 178 valence electrons. The number of carbonyl (C=O) groups excluding carboxylic acids is 3. The summed E-state index contributed by atoms with van der Waals surface area (Å²) in [5, 5.41) is 2.82. The van der Waals surface area contributed by atoms with E-state index < -0.39 is 17.8 Å².